The van der Waals surface area contributed by atoms with Crippen LogP contribution in [0.25, 0.3) is 0 Å². The van der Waals surface area contributed by atoms with Crippen molar-refractivity contribution in [1.82, 2.24) is 4.90 Å². The van der Waals surface area contributed by atoms with Crippen LogP contribution in [-0.4, -0.2) is 49.2 Å². The third-order valence-corrected chi connectivity index (χ3v) is 3.88. The van der Waals surface area contributed by atoms with Crippen LogP contribution < -0.4 is 11.1 Å². The summed E-state index contributed by atoms with van der Waals surface area (Å²) >= 11 is 6.07. The number of rotatable bonds is 5. The van der Waals surface area contributed by atoms with Crippen LogP contribution in [0.4, 0.5) is 5.69 Å². The number of para-hydroxylation sites is 1. The van der Waals surface area contributed by atoms with E-state index in [1.165, 1.54) is 0 Å². The van der Waals surface area contributed by atoms with Gasteiger partial charge < -0.3 is 15.8 Å². The molecule has 6 heteroatoms. The molecule has 0 saturated carbocycles. The fourth-order valence-electron chi connectivity index (χ4n) is 2.70. The highest BCUT2D eigenvalue weighted by Gasteiger charge is 2.21. The highest BCUT2D eigenvalue weighted by molar-refractivity contribution is 6.33. The van der Waals surface area contributed by atoms with Crippen molar-refractivity contribution in [3.63, 3.8) is 0 Å². The van der Waals surface area contributed by atoms with Gasteiger partial charge in [-0.3, -0.25) is 9.89 Å². The highest BCUT2D eigenvalue weighted by atomic mass is 35.5. The van der Waals surface area contributed by atoms with E-state index in [-0.39, 0.29) is 0 Å². The van der Waals surface area contributed by atoms with Gasteiger partial charge in [0.1, 0.15) is 0 Å². The van der Waals surface area contributed by atoms with Crippen molar-refractivity contribution in [2.75, 3.05) is 31.5 Å². The number of nitrogens with zero attached hydrogens (tertiary/aromatic N) is 2. The van der Waals surface area contributed by atoms with Crippen LogP contribution in [0, 0.1) is 0 Å². The molecule has 0 aliphatic carbocycles. The van der Waals surface area contributed by atoms with Gasteiger partial charge in [-0.05, 0) is 32.4 Å². The van der Waals surface area contributed by atoms with Crippen molar-refractivity contribution in [2.45, 2.75) is 32.5 Å². The molecule has 3 N–H and O–H groups in total. The number of morpholine rings is 1. The molecule has 1 saturated heterocycles. The Morgan fingerprint density at radius 2 is 2.05 bits per heavy atom. The zero-order chi connectivity index (χ0) is 15.9. The number of halogens is 1. The molecule has 1 fully saturated rings. The van der Waals surface area contributed by atoms with Crippen molar-refractivity contribution in [2.24, 2.45) is 10.7 Å². The van der Waals surface area contributed by atoms with Crippen molar-refractivity contribution in [1.29, 1.82) is 0 Å². The van der Waals surface area contributed by atoms with E-state index in [1.54, 1.807) is 0 Å². The molecule has 1 aliphatic rings. The van der Waals surface area contributed by atoms with E-state index in [1.807, 2.05) is 24.3 Å². The summed E-state index contributed by atoms with van der Waals surface area (Å²) in [4.78, 5) is 6.77. The van der Waals surface area contributed by atoms with Gasteiger partial charge >= 0.3 is 0 Å². The maximum atomic E-state index is 6.07. The number of nitrogens with one attached hydrogen (secondary N) is 1. The number of hydrogen-bond donors (Lipinski definition) is 2. The summed E-state index contributed by atoms with van der Waals surface area (Å²) in [5, 5.41) is 3.66. The van der Waals surface area contributed by atoms with Crippen LogP contribution in [-0.2, 0) is 4.74 Å². The smallest absolute Gasteiger partial charge is 0.193 e. The summed E-state index contributed by atoms with van der Waals surface area (Å²) in [5.74, 6) is 0.400. The van der Waals surface area contributed by atoms with Gasteiger partial charge in [0.15, 0.2) is 5.96 Å². The van der Waals surface area contributed by atoms with Crippen LogP contribution in [0.5, 0.6) is 0 Å². The monoisotopic (exact) mass is 324 g/mol. The second-order valence-electron chi connectivity index (χ2n) is 5.74. The van der Waals surface area contributed by atoms with E-state index < -0.39 is 0 Å². The number of aliphatic imine (C=N–C) groups is 1. The van der Waals surface area contributed by atoms with Crippen molar-refractivity contribution in [3.05, 3.63) is 29.3 Å². The third kappa shape index (κ3) is 5.48. The van der Waals surface area contributed by atoms with Crippen LogP contribution in [0.3, 0.4) is 0 Å². The van der Waals surface area contributed by atoms with Gasteiger partial charge in [-0.15, -0.1) is 0 Å². The molecular weight excluding hydrogens is 300 g/mol. The summed E-state index contributed by atoms with van der Waals surface area (Å²) in [6, 6.07) is 7.48. The molecule has 0 radical (unpaired) electrons. The van der Waals surface area contributed by atoms with Crippen LogP contribution in [0.15, 0.2) is 29.3 Å². The number of anilines is 1. The van der Waals surface area contributed by atoms with Crippen LogP contribution >= 0.6 is 11.6 Å². The lowest BCUT2D eigenvalue weighted by atomic mass is 10.2. The van der Waals surface area contributed by atoms with Crippen molar-refractivity contribution < 1.29 is 4.74 Å². The molecule has 122 valence electrons. The standard InChI is InChI=1S/C16H25ClN4O/c1-12-10-21(11-13(2)22-12)9-5-8-19-16(18)20-15-7-4-3-6-14(15)17/h3-4,6-7,12-13H,5,8-11H2,1-2H3,(H3,18,19,20). The molecule has 1 aromatic rings. The average Bonchev–Trinajstić information content (AvgIpc) is 2.45. The van der Waals surface area contributed by atoms with Gasteiger partial charge in [-0.25, -0.2) is 0 Å². The lowest BCUT2D eigenvalue weighted by Crippen LogP contribution is -2.45. The van der Waals surface area contributed by atoms with E-state index in [2.05, 4.69) is 29.1 Å². The molecule has 0 bridgehead atoms. The van der Waals surface area contributed by atoms with Gasteiger partial charge in [-0.2, -0.15) is 0 Å². The van der Waals surface area contributed by atoms with Crippen molar-refractivity contribution >= 4 is 23.2 Å². The van der Waals surface area contributed by atoms with Crippen molar-refractivity contribution in [3.8, 4) is 0 Å². The minimum absolute atomic E-state index is 0.305. The summed E-state index contributed by atoms with van der Waals surface area (Å²) < 4.78 is 5.73. The quantitative estimate of drug-likeness (QED) is 0.496. The first-order valence-electron chi connectivity index (χ1n) is 7.74. The fourth-order valence-corrected chi connectivity index (χ4v) is 2.88. The maximum Gasteiger partial charge on any atom is 0.193 e. The van der Waals surface area contributed by atoms with Gasteiger partial charge in [0.25, 0.3) is 0 Å². The zero-order valence-electron chi connectivity index (χ0n) is 13.3. The summed E-state index contributed by atoms with van der Waals surface area (Å²) in [6.45, 7) is 7.92. The minimum Gasteiger partial charge on any atom is -0.373 e. The van der Waals surface area contributed by atoms with E-state index in [0.717, 1.165) is 31.7 Å². The minimum atomic E-state index is 0.305. The number of nitrogens with two attached hydrogens (primary N) is 1. The zero-order valence-corrected chi connectivity index (χ0v) is 14.0. The largest absolute Gasteiger partial charge is 0.373 e. The second kappa shape index (κ2) is 8.36. The first-order valence-corrected chi connectivity index (χ1v) is 8.11. The van der Waals surface area contributed by atoms with Gasteiger partial charge in [0.05, 0.1) is 22.9 Å². The molecule has 1 aliphatic heterocycles. The average molecular weight is 325 g/mol. The number of ether oxygens (including phenoxy) is 1. The number of guanidine groups is 1. The second-order valence-corrected chi connectivity index (χ2v) is 6.15. The number of benzene rings is 1. The van der Waals surface area contributed by atoms with E-state index in [4.69, 9.17) is 22.1 Å². The normalized spacial score (nSPS) is 23.5. The van der Waals surface area contributed by atoms with Crippen LogP contribution in [0.2, 0.25) is 5.02 Å². The van der Waals surface area contributed by atoms with Gasteiger partial charge in [0.2, 0.25) is 0 Å². The third-order valence-electron chi connectivity index (χ3n) is 3.55. The lowest BCUT2D eigenvalue weighted by molar-refractivity contribution is -0.0679. The van der Waals surface area contributed by atoms with Gasteiger partial charge in [-0.1, -0.05) is 23.7 Å². The molecule has 0 spiro atoms. The Bertz CT molecular complexity index is 499. The molecule has 2 rings (SSSR count). The molecule has 0 amide bonds. The molecule has 1 heterocycles. The first kappa shape index (κ1) is 17.1. The SMILES string of the molecule is CC1CN(CCCN=C(N)Nc2ccccc2Cl)CC(C)O1. The molecular formula is C16H25ClN4O. The Balaban J connectivity index is 1.72. The lowest BCUT2D eigenvalue weighted by Gasteiger charge is -2.35. The topological polar surface area (TPSA) is 62.9 Å². The Morgan fingerprint density at radius 3 is 2.73 bits per heavy atom. The Labute approximate surface area is 137 Å². The predicted molar refractivity (Wildman–Crippen MR) is 92.6 cm³/mol. The summed E-state index contributed by atoms with van der Waals surface area (Å²) in [6.07, 6.45) is 1.59. The molecule has 0 aromatic heterocycles. The molecule has 2 unspecified atom stereocenters. The molecule has 22 heavy (non-hydrogen) atoms. The van der Waals surface area contributed by atoms with Crippen LogP contribution in [0.1, 0.15) is 20.3 Å². The first-order chi connectivity index (χ1) is 10.5. The van der Waals surface area contributed by atoms with E-state index in [9.17, 15) is 0 Å². The fraction of sp³-hybridized carbons (Fsp3) is 0.562. The Morgan fingerprint density at radius 1 is 1.36 bits per heavy atom. The summed E-state index contributed by atoms with van der Waals surface area (Å²) in [5.41, 5.74) is 6.66. The molecule has 2 atom stereocenters. The predicted octanol–water partition coefficient (Wildman–Crippen LogP) is 2.57. The molecule has 5 nitrogen and oxygen atoms in total. The Kier molecular flexibility index (Phi) is 6.49. The van der Waals surface area contributed by atoms with E-state index >= 15 is 0 Å². The Hall–Kier alpha value is -1.30. The van der Waals surface area contributed by atoms with E-state index in [0.29, 0.717) is 29.7 Å². The highest BCUT2D eigenvalue weighted by Crippen LogP contribution is 2.19. The maximum absolute atomic E-state index is 6.07. The number of hydrogen-bond acceptors (Lipinski definition) is 3. The summed E-state index contributed by atoms with van der Waals surface area (Å²) in [7, 11) is 0. The van der Waals surface area contributed by atoms with Gasteiger partial charge in [0, 0.05) is 26.2 Å². The molecule has 1 aromatic carbocycles.